The zero-order valence-corrected chi connectivity index (χ0v) is 16.4. The molecule has 0 aliphatic carbocycles. The minimum Gasteiger partial charge on any atom is -0.354 e. The highest BCUT2D eigenvalue weighted by Gasteiger charge is 2.19. The number of aryl methyl sites for hydroxylation is 1. The van der Waals surface area contributed by atoms with E-state index in [2.05, 4.69) is 32.0 Å². The average Bonchev–Trinajstić information content (AvgIpc) is 3.04. The van der Waals surface area contributed by atoms with Gasteiger partial charge in [0.15, 0.2) is 11.6 Å². The van der Waals surface area contributed by atoms with E-state index in [1.54, 1.807) is 6.92 Å². The predicted octanol–water partition coefficient (Wildman–Crippen LogP) is 2.52. The van der Waals surface area contributed by atoms with Crippen LogP contribution in [0.25, 0.3) is 0 Å². The van der Waals surface area contributed by atoms with Crippen LogP contribution in [0.2, 0.25) is 0 Å². The molecule has 0 atom stereocenters. The molecule has 0 saturated carbocycles. The summed E-state index contributed by atoms with van der Waals surface area (Å²) in [4.78, 5) is 24.1. The molecule has 29 heavy (non-hydrogen) atoms. The topological polar surface area (TPSA) is 122 Å². The van der Waals surface area contributed by atoms with Crippen LogP contribution in [0.3, 0.4) is 0 Å². The molecule has 1 heterocycles. The maximum Gasteiger partial charge on any atom is 0.271 e. The van der Waals surface area contributed by atoms with Crippen LogP contribution in [0.5, 0.6) is 0 Å². The third-order valence-corrected chi connectivity index (χ3v) is 4.44. The van der Waals surface area contributed by atoms with Crippen LogP contribution >= 0.6 is 11.5 Å². The number of aromatic nitrogens is 1. The summed E-state index contributed by atoms with van der Waals surface area (Å²) < 4.78 is 30.5. The number of anilines is 2. The van der Waals surface area contributed by atoms with E-state index < -0.39 is 23.4 Å². The SMILES string of the molecule is C=C(/C=C\C(=N/N)C(=O)NC)Nc1snc(C)c1C(=O)Nc1ccc(F)c(F)c1. The van der Waals surface area contributed by atoms with E-state index in [0.717, 1.165) is 23.7 Å². The van der Waals surface area contributed by atoms with Crippen molar-refractivity contribution >= 4 is 39.7 Å². The fourth-order valence-corrected chi connectivity index (χ4v) is 2.99. The Labute approximate surface area is 169 Å². The van der Waals surface area contributed by atoms with Gasteiger partial charge in [0.2, 0.25) is 0 Å². The summed E-state index contributed by atoms with van der Waals surface area (Å²) in [7, 11) is 1.44. The number of rotatable bonds is 7. The van der Waals surface area contributed by atoms with Crippen LogP contribution in [0, 0.1) is 18.6 Å². The quantitative estimate of drug-likeness (QED) is 0.237. The molecule has 0 fully saturated rings. The number of benzene rings is 1. The molecule has 2 rings (SSSR count). The average molecular weight is 420 g/mol. The number of allylic oxidation sites excluding steroid dienone is 1. The van der Waals surface area contributed by atoms with Gasteiger partial charge in [0.05, 0.1) is 11.3 Å². The number of halogens is 2. The van der Waals surface area contributed by atoms with Crippen molar-refractivity contribution in [3.05, 3.63) is 65.5 Å². The molecule has 5 N–H and O–H groups in total. The Kier molecular flexibility index (Phi) is 7.15. The lowest BCUT2D eigenvalue weighted by Gasteiger charge is -2.09. The number of nitrogens with zero attached hydrogens (tertiary/aromatic N) is 2. The van der Waals surface area contributed by atoms with Crippen molar-refractivity contribution in [2.24, 2.45) is 10.9 Å². The van der Waals surface area contributed by atoms with E-state index in [1.165, 1.54) is 25.3 Å². The Hall–Kier alpha value is -3.60. The second-order valence-corrected chi connectivity index (χ2v) is 6.41. The Morgan fingerprint density at radius 2 is 1.97 bits per heavy atom. The standard InChI is InChI=1S/C18H18F2N6O2S/c1-9(4-7-14(25-21)16(27)22-3)23-18-15(10(2)26-29-18)17(28)24-11-5-6-12(19)13(20)8-11/h4-8,23H,1,21H2,2-3H3,(H,22,27)(H,24,28)/b7-4-,25-14+. The Bertz CT molecular complexity index is 1020. The first kappa shape index (κ1) is 21.7. The lowest BCUT2D eigenvalue weighted by molar-refractivity contribution is -0.114. The molecule has 0 bridgehead atoms. The minimum absolute atomic E-state index is 0.0211. The summed E-state index contributed by atoms with van der Waals surface area (Å²) in [5, 5.41) is 11.5. The Morgan fingerprint density at radius 3 is 2.59 bits per heavy atom. The van der Waals surface area contributed by atoms with Gasteiger partial charge in [-0.05, 0) is 42.7 Å². The maximum absolute atomic E-state index is 13.3. The third-order valence-electron chi connectivity index (χ3n) is 3.58. The lowest BCUT2D eigenvalue weighted by atomic mass is 10.2. The van der Waals surface area contributed by atoms with E-state index in [1.807, 2.05) is 0 Å². The van der Waals surface area contributed by atoms with Crippen LogP contribution in [0.15, 0.2) is 47.7 Å². The molecule has 0 radical (unpaired) electrons. The van der Waals surface area contributed by atoms with Gasteiger partial charge in [0.1, 0.15) is 10.7 Å². The summed E-state index contributed by atoms with van der Waals surface area (Å²) in [6, 6.07) is 3.04. The van der Waals surface area contributed by atoms with Crippen LogP contribution in [0.4, 0.5) is 19.5 Å². The highest BCUT2D eigenvalue weighted by Crippen LogP contribution is 2.27. The molecule has 152 valence electrons. The molecule has 0 aliphatic rings. The molecule has 0 aliphatic heterocycles. The fourth-order valence-electron chi connectivity index (χ4n) is 2.16. The summed E-state index contributed by atoms with van der Waals surface area (Å²) in [6.45, 7) is 5.42. The number of amides is 2. The van der Waals surface area contributed by atoms with Crippen molar-refractivity contribution in [1.29, 1.82) is 0 Å². The first-order valence-corrected chi connectivity index (χ1v) is 8.90. The monoisotopic (exact) mass is 420 g/mol. The summed E-state index contributed by atoms with van der Waals surface area (Å²) in [5.74, 6) is 2.04. The van der Waals surface area contributed by atoms with Crippen LogP contribution in [-0.4, -0.2) is 28.9 Å². The number of nitrogens with two attached hydrogens (primary N) is 1. The first-order valence-electron chi connectivity index (χ1n) is 8.13. The number of nitrogens with one attached hydrogen (secondary N) is 3. The number of hydrogen-bond donors (Lipinski definition) is 4. The van der Waals surface area contributed by atoms with Crippen molar-refractivity contribution in [2.45, 2.75) is 6.92 Å². The second-order valence-electron chi connectivity index (χ2n) is 5.63. The molecule has 0 spiro atoms. The molecule has 2 aromatic rings. The molecule has 8 nitrogen and oxygen atoms in total. The van der Waals surface area contributed by atoms with Gasteiger partial charge >= 0.3 is 0 Å². The Balaban J connectivity index is 2.16. The van der Waals surface area contributed by atoms with Crippen molar-refractivity contribution in [3.8, 4) is 0 Å². The summed E-state index contributed by atoms with van der Waals surface area (Å²) >= 11 is 1.01. The van der Waals surface area contributed by atoms with Gasteiger partial charge in [-0.1, -0.05) is 6.58 Å². The van der Waals surface area contributed by atoms with Crippen molar-refractivity contribution in [2.75, 3.05) is 17.7 Å². The normalized spacial score (nSPS) is 11.4. The van der Waals surface area contributed by atoms with Crippen molar-refractivity contribution in [1.82, 2.24) is 9.69 Å². The number of hydrazone groups is 1. The maximum atomic E-state index is 13.3. The number of hydrogen-bond acceptors (Lipinski definition) is 7. The molecule has 0 unspecified atom stereocenters. The molecular formula is C18H18F2N6O2S. The minimum atomic E-state index is -1.08. The zero-order chi connectivity index (χ0) is 21.6. The van der Waals surface area contributed by atoms with Gasteiger partial charge < -0.3 is 21.8 Å². The van der Waals surface area contributed by atoms with Crippen LogP contribution in [-0.2, 0) is 4.79 Å². The zero-order valence-electron chi connectivity index (χ0n) is 15.5. The molecule has 1 aromatic heterocycles. The highest BCUT2D eigenvalue weighted by molar-refractivity contribution is 7.10. The van der Waals surface area contributed by atoms with Crippen molar-refractivity contribution in [3.63, 3.8) is 0 Å². The van der Waals surface area contributed by atoms with E-state index in [9.17, 15) is 18.4 Å². The van der Waals surface area contributed by atoms with Gasteiger partial charge in [-0.3, -0.25) is 9.59 Å². The number of carbonyl (C=O) groups is 2. The molecule has 0 saturated heterocycles. The summed E-state index contributed by atoms with van der Waals surface area (Å²) in [5.41, 5.74) is 1.06. The molecule has 1 aromatic carbocycles. The predicted molar refractivity (Wildman–Crippen MR) is 109 cm³/mol. The van der Waals surface area contributed by atoms with E-state index >= 15 is 0 Å². The van der Waals surface area contributed by atoms with Gasteiger partial charge in [-0.2, -0.15) is 9.47 Å². The van der Waals surface area contributed by atoms with Gasteiger partial charge in [0.25, 0.3) is 11.8 Å². The highest BCUT2D eigenvalue weighted by atomic mass is 32.1. The molecule has 11 heteroatoms. The van der Waals surface area contributed by atoms with E-state index in [4.69, 9.17) is 5.84 Å². The molecular weight excluding hydrogens is 402 g/mol. The second kappa shape index (κ2) is 9.55. The van der Waals surface area contributed by atoms with Crippen LogP contribution in [0.1, 0.15) is 16.1 Å². The Morgan fingerprint density at radius 1 is 1.24 bits per heavy atom. The van der Waals surface area contributed by atoms with E-state index in [0.29, 0.717) is 16.4 Å². The lowest BCUT2D eigenvalue weighted by Crippen LogP contribution is -2.27. The summed E-state index contributed by atoms with van der Waals surface area (Å²) in [6.07, 6.45) is 2.80. The van der Waals surface area contributed by atoms with Gasteiger partial charge in [0, 0.05) is 24.5 Å². The smallest absolute Gasteiger partial charge is 0.271 e. The molecule has 2 amide bonds. The van der Waals surface area contributed by atoms with Crippen LogP contribution < -0.4 is 21.8 Å². The third kappa shape index (κ3) is 5.45. The van der Waals surface area contributed by atoms with Gasteiger partial charge in [-0.25, -0.2) is 8.78 Å². The van der Waals surface area contributed by atoms with Crippen molar-refractivity contribution < 1.29 is 18.4 Å². The van der Waals surface area contributed by atoms with E-state index in [-0.39, 0.29) is 17.0 Å². The fraction of sp³-hybridized carbons (Fsp3) is 0.111. The largest absolute Gasteiger partial charge is 0.354 e. The number of carbonyl (C=O) groups excluding carboxylic acids is 2. The first-order chi connectivity index (χ1) is 13.8. The van der Waals surface area contributed by atoms with Gasteiger partial charge in [-0.15, -0.1) is 0 Å².